The van der Waals surface area contributed by atoms with Gasteiger partial charge in [-0.05, 0) is 48.9 Å². The molecule has 0 bridgehead atoms. The number of hydrogen-bond acceptors (Lipinski definition) is 3. The fraction of sp³-hybridized carbons (Fsp3) is 0.562. The molecule has 1 aromatic carbocycles. The van der Waals surface area contributed by atoms with Gasteiger partial charge in [0.25, 0.3) is 0 Å². The Kier molecular flexibility index (Phi) is 5.72. The Labute approximate surface area is 142 Å². The zero-order valence-electron chi connectivity index (χ0n) is 12.4. The Bertz CT molecular complexity index is 545. The lowest BCUT2D eigenvalue weighted by molar-refractivity contribution is -0.136. The molecule has 1 saturated heterocycles. The van der Waals surface area contributed by atoms with Crippen LogP contribution in [-0.2, 0) is 16.0 Å². The molecule has 2 aliphatic rings. The highest BCUT2D eigenvalue weighted by molar-refractivity contribution is 6.30. The number of aryl methyl sites for hydroxylation is 1. The molecule has 0 saturated carbocycles. The van der Waals surface area contributed by atoms with Crippen LogP contribution in [0.25, 0.3) is 0 Å². The van der Waals surface area contributed by atoms with Gasteiger partial charge in [-0.3, -0.25) is 4.79 Å². The number of nitrogens with two attached hydrogens (primary N) is 1. The average molecular weight is 345 g/mol. The highest BCUT2D eigenvalue weighted by Gasteiger charge is 2.40. The van der Waals surface area contributed by atoms with Crippen molar-refractivity contribution in [3.05, 3.63) is 34.3 Å². The van der Waals surface area contributed by atoms with Gasteiger partial charge in [0, 0.05) is 24.8 Å². The van der Waals surface area contributed by atoms with Crippen LogP contribution in [0, 0.1) is 5.41 Å². The first kappa shape index (κ1) is 17.5. The lowest BCUT2D eigenvalue weighted by atomic mass is 9.79. The largest absolute Gasteiger partial charge is 0.381 e. The third kappa shape index (κ3) is 3.25. The Morgan fingerprint density at radius 1 is 1.41 bits per heavy atom. The van der Waals surface area contributed by atoms with E-state index in [-0.39, 0.29) is 24.4 Å². The predicted molar refractivity (Wildman–Crippen MR) is 89.4 cm³/mol. The molecule has 1 fully saturated rings. The van der Waals surface area contributed by atoms with Gasteiger partial charge in [-0.25, -0.2) is 0 Å². The van der Waals surface area contributed by atoms with E-state index in [4.69, 9.17) is 22.1 Å². The highest BCUT2D eigenvalue weighted by atomic mass is 35.5. The van der Waals surface area contributed by atoms with Crippen molar-refractivity contribution < 1.29 is 9.53 Å². The Morgan fingerprint density at radius 2 is 2.14 bits per heavy atom. The molecular weight excluding hydrogens is 323 g/mol. The van der Waals surface area contributed by atoms with Crippen LogP contribution in [0.5, 0.6) is 0 Å². The van der Waals surface area contributed by atoms with Gasteiger partial charge in [-0.15, -0.1) is 12.4 Å². The van der Waals surface area contributed by atoms with Crippen molar-refractivity contribution in [1.29, 1.82) is 0 Å². The second kappa shape index (κ2) is 7.18. The van der Waals surface area contributed by atoms with Gasteiger partial charge < -0.3 is 15.8 Å². The van der Waals surface area contributed by atoms with Crippen molar-refractivity contribution in [2.24, 2.45) is 11.1 Å². The molecule has 0 aromatic heterocycles. The fourth-order valence-corrected chi connectivity index (χ4v) is 3.53. The molecule has 3 N–H and O–H groups in total. The molecule has 1 unspecified atom stereocenters. The molecule has 22 heavy (non-hydrogen) atoms. The van der Waals surface area contributed by atoms with E-state index in [1.54, 1.807) is 0 Å². The Morgan fingerprint density at radius 3 is 2.82 bits per heavy atom. The number of rotatable bonds is 3. The van der Waals surface area contributed by atoms with E-state index in [1.165, 1.54) is 11.1 Å². The van der Waals surface area contributed by atoms with Crippen LogP contribution in [-0.4, -0.2) is 25.7 Å². The van der Waals surface area contributed by atoms with Crippen LogP contribution in [0.4, 0.5) is 0 Å². The first-order valence-electron chi connectivity index (χ1n) is 7.52. The van der Waals surface area contributed by atoms with Crippen molar-refractivity contribution in [1.82, 2.24) is 5.32 Å². The van der Waals surface area contributed by atoms with Crippen LogP contribution < -0.4 is 11.1 Å². The molecule has 122 valence electrons. The smallest absolute Gasteiger partial charge is 0.228 e. The summed E-state index contributed by atoms with van der Waals surface area (Å²) in [7, 11) is 0. The first-order valence-corrected chi connectivity index (χ1v) is 7.89. The number of benzene rings is 1. The number of fused-ring (bicyclic) bond motifs is 1. The molecular formula is C16H22Cl2N2O2. The van der Waals surface area contributed by atoms with Gasteiger partial charge in [0.05, 0.1) is 11.5 Å². The van der Waals surface area contributed by atoms with Gasteiger partial charge >= 0.3 is 0 Å². The van der Waals surface area contributed by atoms with E-state index in [9.17, 15) is 4.79 Å². The molecule has 0 radical (unpaired) electrons. The number of carbonyl (C=O) groups is 1. The maximum Gasteiger partial charge on any atom is 0.228 e. The van der Waals surface area contributed by atoms with Crippen LogP contribution in [0.1, 0.15) is 36.4 Å². The van der Waals surface area contributed by atoms with Gasteiger partial charge in [-0.2, -0.15) is 0 Å². The summed E-state index contributed by atoms with van der Waals surface area (Å²) in [5.41, 5.74) is 7.85. The molecule has 6 heteroatoms. The lowest BCUT2D eigenvalue weighted by Gasteiger charge is -2.35. The number of halogens is 2. The maximum atomic E-state index is 12.7. The minimum Gasteiger partial charge on any atom is -0.381 e. The third-order valence-corrected chi connectivity index (χ3v) is 5.05. The Hall–Kier alpha value is -0.810. The van der Waals surface area contributed by atoms with Crippen LogP contribution in [0.3, 0.4) is 0 Å². The monoisotopic (exact) mass is 344 g/mol. The average Bonchev–Trinajstić information content (AvgIpc) is 2.90. The molecule has 4 nitrogen and oxygen atoms in total. The summed E-state index contributed by atoms with van der Waals surface area (Å²) in [4.78, 5) is 12.7. The molecule has 1 aliphatic heterocycles. The van der Waals surface area contributed by atoms with Crippen molar-refractivity contribution in [3.63, 3.8) is 0 Å². The summed E-state index contributed by atoms with van der Waals surface area (Å²) in [6.07, 6.45) is 3.29. The third-order valence-electron chi connectivity index (χ3n) is 4.81. The van der Waals surface area contributed by atoms with Gasteiger partial charge in [0.1, 0.15) is 0 Å². The fourth-order valence-electron chi connectivity index (χ4n) is 3.33. The number of ether oxygens (including phenoxy) is 1. The lowest BCUT2D eigenvalue weighted by Crippen LogP contribution is -2.49. The number of hydrogen-bond donors (Lipinski definition) is 2. The van der Waals surface area contributed by atoms with E-state index in [1.807, 2.05) is 18.2 Å². The zero-order valence-corrected chi connectivity index (χ0v) is 14.0. The minimum absolute atomic E-state index is 0. The normalized spacial score (nSPS) is 22.5. The highest BCUT2D eigenvalue weighted by Crippen LogP contribution is 2.35. The molecule has 1 amide bonds. The minimum atomic E-state index is -0.465. The summed E-state index contributed by atoms with van der Waals surface area (Å²) in [5, 5.41) is 3.95. The second-order valence-corrected chi connectivity index (χ2v) is 6.44. The summed E-state index contributed by atoms with van der Waals surface area (Å²) in [6, 6.07) is 5.99. The second-order valence-electron chi connectivity index (χ2n) is 6.00. The van der Waals surface area contributed by atoms with E-state index in [2.05, 4.69) is 5.32 Å². The molecule has 0 spiro atoms. The SMILES string of the molecule is Cl.NCC1(C(=O)NC2CCc3cc(Cl)ccc32)CCOCC1. The maximum absolute atomic E-state index is 12.7. The van der Waals surface area contributed by atoms with E-state index < -0.39 is 5.41 Å². The predicted octanol–water partition coefficient (Wildman–Crippen LogP) is 2.62. The molecule has 1 heterocycles. The van der Waals surface area contributed by atoms with Crippen LogP contribution in [0.2, 0.25) is 5.02 Å². The molecule has 3 rings (SSSR count). The number of nitrogens with one attached hydrogen (secondary N) is 1. The summed E-state index contributed by atoms with van der Waals surface area (Å²) in [5.74, 6) is 0.0705. The van der Waals surface area contributed by atoms with Crippen molar-refractivity contribution in [2.75, 3.05) is 19.8 Å². The van der Waals surface area contributed by atoms with Crippen molar-refractivity contribution >= 4 is 29.9 Å². The van der Waals surface area contributed by atoms with Crippen molar-refractivity contribution in [3.8, 4) is 0 Å². The standard InChI is InChI=1S/C16H21ClN2O2.ClH/c17-12-2-3-13-11(9-12)1-4-14(13)19-15(20)16(10-18)5-7-21-8-6-16;/h2-3,9,14H,1,4-8,10,18H2,(H,19,20);1H. The first-order chi connectivity index (χ1) is 10.1. The molecule has 1 atom stereocenters. The van der Waals surface area contributed by atoms with Gasteiger partial charge in [0.15, 0.2) is 0 Å². The van der Waals surface area contributed by atoms with Crippen molar-refractivity contribution in [2.45, 2.75) is 31.7 Å². The topological polar surface area (TPSA) is 64.4 Å². The summed E-state index contributed by atoms with van der Waals surface area (Å²) >= 11 is 6.03. The quantitative estimate of drug-likeness (QED) is 0.885. The molecule has 1 aliphatic carbocycles. The Balaban J connectivity index is 0.00000176. The number of amides is 1. The number of carbonyl (C=O) groups excluding carboxylic acids is 1. The van der Waals surface area contributed by atoms with E-state index >= 15 is 0 Å². The van der Waals surface area contributed by atoms with Crippen LogP contribution >= 0.6 is 24.0 Å². The molecule has 1 aromatic rings. The van der Waals surface area contributed by atoms with Crippen LogP contribution in [0.15, 0.2) is 18.2 Å². The van der Waals surface area contributed by atoms with Gasteiger partial charge in [0.2, 0.25) is 5.91 Å². The summed E-state index contributed by atoms with van der Waals surface area (Å²) in [6.45, 7) is 1.60. The van der Waals surface area contributed by atoms with Gasteiger partial charge in [-0.1, -0.05) is 17.7 Å². The summed E-state index contributed by atoms with van der Waals surface area (Å²) < 4.78 is 5.37. The zero-order chi connectivity index (χ0) is 14.9. The van der Waals surface area contributed by atoms with E-state index in [0.29, 0.717) is 32.6 Å². The van der Waals surface area contributed by atoms with E-state index in [0.717, 1.165) is 17.9 Å².